The van der Waals surface area contributed by atoms with Crippen molar-refractivity contribution in [3.63, 3.8) is 0 Å². The molecule has 0 fully saturated rings. The van der Waals surface area contributed by atoms with E-state index in [1.165, 1.54) is 0 Å². The molecule has 0 amide bonds. The average Bonchev–Trinajstić information content (AvgIpc) is 1.25. The van der Waals surface area contributed by atoms with E-state index in [-0.39, 0.29) is 22.7 Å². The fourth-order valence-corrected chi connectivity index (χ4v) is 0. The summed E-state index contributed by atoms with van der Waals surface area (Å²) >= 11 is 0. The fourth-order valence-electron chi connectivity index (χ4n) is 0. The van der Waals surface area contributed by atoms with Gasteiger partial charge in [0.25, 0.3) is 0 Å². The summed E-state index contributed by atoms with van der Waals surface area (Å²) in [5.74, 6) is 0. The van der Waals surface area contributed by atoms with Gasteiger partial charge in [-0.15, -0.1) is 0 Å². The summed E-state index contributed by atoms with van der Waals surface area (Å²) in [6.07, 6.45) is 0. The molecule has 0 atom stereocenters. The van der Waals surface area contributed by atoms with Gasteiger partial charge in [-0.3, -0.25) is 7.32 Å². The molecule has 11 heteroatoms. The molecule has 11 heavy (non-hydrogen) atoms. The number of hydrogen-bond acceptors (Lipinski definition) is 9. The number of hydrogen-bond donors (Lipinski definition) is 6. The maximum atomic E-state index is 8.42. The summed E-state index contributed by atoms with van der Waals surface area (Å²) in [5, 5.41) is 46.7. The Hall–Kier alpha value is -0.230. The van der Waals surface area contributed by atoms with Crippen molar-refractivity contribution < 1.29 is 34.4 Å². The van der Waals surface area contributed by atoms with E-state index in [1.807, 2.05) is 0 Å². The zero-order valence-electron chi connectivity index (χ0n) is 8.84. The van der Waals surface area contributed by atoms with Gasteiger partial charge in [0.1, 0.15) is 0 Å². The van der Waals surface area contributed by atoms with E-state index in [4.69, 9.17) is 30.1 Å². The normalized spacial score (nSPS) is 4.91. The minimum atomic E-state index is -2.92. The summed E-state index contributed by atoms with van der Waals surface area (Å²) in [6.45, 7) is 0. The fraction of sp³-hybridized carbons (Fsp3) is 0. The van der Waals surface area contributed by atoms with Gasteiger partial charge in [-0.05, 0) is 0 Å². The van der Waals surface area contributed by atoms with Crippen LogP contribution >= 0.6 is 0 Å². The van der Waals surface area contributed by atoms with Gasteiger partial charge in [0.15, 0.2) is 0 Å². The molecule has 9 nitrogen and oxygen atoms in total. The van der Waals surface area contributed by atoms with Crippen LogP contribution in [0.5, 0.6) is 0 Å². The van der Waals surface area contributed by atoms with Gasteiger partial charge < -0.3 is 48.6 Å². The van der Waals surface area contributed by atoms with Gasteiger partial charge in [0, 0.05) is 0 Å². The molecular formula is H15B2N3O6. The minimum Gasteiger partial charge on any atom is -0.907 e. The molecular weight excluding hydrogens is 160 g/mol. The van der Waals surface area contributed by atoms with Gasteiger partial charge in [-0.25, -0.2) is 0 Å². The van der Waals surface area contributed by atoms with Crippen molar-refractivity contribution in [2.24, 2.45) is 0 Å². The molecule has 0 radical (unpaired) electrons. The van der Waals surface area contributed by atoms with Gasteiger partial charge in [-0.1, -0.05) is 0 Å². The molecule has 0 bridgehead atoms. The Morgan fingerprint density at radius 1 is 0.818 bits per heavy atom. The average molecular weight is 175 g/mol. The highest BCUT2D eigenvalue weighted by Crippen LogP contribution is 1.40. The van der Waals surface area contributed by atoms with Crippen LogP contribution < -0.4 is 33.5 Å². The largest absolute Gasteiger partial charge is 1.00 e. The lowest BCUT2D eigenvalue weighted by Gasteiger charge is -2.35. The standard InChI is InChI=1S/BH3O3.BO3.3H3N/c2*2-1(3)4;;;/h2-4H;;3*1H3/q;-3;;;/p+3. The third-order valence-electron chi connectivity index (χ3n) is 0. The van der Waals surface area contributed by atoms with E-state index in [0.29, 0.717) is 0 Å². The lowest BCUT2D eigenvalue weighted by atomic mass is 10.3. The van der Waals surface area contributed by atoms with Crippen molar-refractivity contribution in [3.8, 4) is 0 Å². The van der Waals surface area contributed by atoms with Crippen LogP contribution in [0, 0.1) is 0 Å². The highest BCUT2D eigenvalue weighted by Gasteiger charge is 1.92. The van der Waals surface area contributed by atoms with E-state index >= 15 is 0 Å². The summed E-state index contributed by atoms with van der Waals surface area (Å²) in [7, 11) is -5.08. The Balaban J connectivity index is -0.00000000600. The summed E-state index contributed by atoms with van der Waals surface area (Å²) in [4.78, 5) is 0. The lowest BCUT2D eigenvalue weighted by Crippen LogP contribution is -2.56. The molecule has 0 rings (SSSR count). The molecule has 72 valence electrons. The highest BCUT2D eigenvalue weighted by molar-refractivity contribution is 6.30. The van der Waals surface area contributed by atoms with Gasteiger partial charge in [0.05, 0.1) is 0 Å². The molecule has 0 saturated heterocycles. The van der Waals surface area contributed by atoms with Crippen molar-refractivity contribution in [3.05, 3.63) is 0 Å². The van der Waals surface area contributed by atoms with E-state index in [1.54, 1.807) is 0 Å². The Kier molecular flexibility index (Phi) is 63.4. The van der Waals surface area contributed by atoms with Crippen LogP contribution in [-0.2, 0) is 0 Å². The second kappa shape index (κ2) is 22.6. The zero-order chi connectivity index (χ0) is 7.15. The van der Waals surface area contributed by atoms with Crippen LogP contribution in [-0.4, -0.2) is 29.7 Å². The molecule has 0 unspecified atom stereocenters. The van der Waals surface area contributed by atoms with Gasteiger partial charge in [-0.2, -0.15) is 0 Å². The molecule has 12 N–H and O–H groups in total. The quantitative estimate of drug-likeness (QED) is 0.192. The highest BCUT2D eigenvalue weighted by atomic mass is 16.5. The van der Waals surface area contributed by atoms with Crippen LogP contribution in [0.2, 0.25) is 0 Å². The topological polar surface area (TPSA) is 235 Å². The van der Waals surface area contributed by atoms with Crippen LogP contribution in [0.4, 0.5) is 0 Å². The van der Waals surface area contributed by atoms with E-state index in [0.717, 1.165) is 0 Å². The Morgan fingerprint density at radius 2 is 0.818 bits per heavy atom. The van der Waals surface area contributed by atoms with Crippen LogP contribution in [0.15, 0.2) is 0 Å². The minimum absolute atomic E-state index is 0. The third kappa shape index (κ3) is 11100. The zero-order valence-corrected chi connectivity index (χ0v) is 5.84. The summed E-state index contributed by atoms with van der Waals surface area (Å²) < 4.78 is 0. The first kappa shape index (κ1) is 30.9. The van der Waals surface area contributed by atoms with E-state index in [9.17, 15) is 0 Å². The van der Waals surface area contributed by atoms with Crippen molar-refractivity contribution in [2.75, 3.05) is 0 Å². The molecule has 0 saturated carbocycles. The molecule has 0 aliphatic heterocycles. The van der Waals surface area contributed by atoms with E-state index < -0.39 is 14.6 Å². The predicted molar refractivity (Wildman–Crippen MR) is 36.6 cm³/mol. The summed E-state index contributed by atoms with van der Waals surface area (Å²) in [6, 6.07) is 0. The molecule has 0 aromatic carbocycles. The van der Waals surface area contributed by atoms with Crippen molar-refractivity contribution in [2.45, 2.75) is 0 Å². The van der Waals surface area contributed by atoms with Crippen LogP contribution in [0.3, 0.4) is 0 Å². The Morgan fingerprint density at radius 3 is 0.818 bits per heavy atom. The van der Waals surface area contributed by atoms with Crippen molar-refractivity contribution in [1.82, 2.24) is 18.5 Å². The monoisotopic (exact) mass is 175 g/mol. The van der Waals surface area contributed by atoms with Gasteiger partial charge in [0.2, 0.25) is 0 Å². The predicted octanol–water partition coefficient (Wildman–Crippen LogP) is -5.18. The second-order valence-electron chi connectivity index (χ2n) is 0.635. The maximum absolute atomic E-state index is 8.42. The molecule has 0 aromatic heterocycles. The third-order valence-corrected chi connectivity index (χ3v) is 0. The smallest absolute Gasteiger partial charge is 0.907 e. The SMILES string of the molecule is N.N.N.OB(O)O.[H+].[H+].[H+].[O-]B([O-])[O-]. The molecule has 0 heterocycles. The van der Waals surface area contributed by atoms with Crippen molar-refractivity contribution >= 4 is 14.6 Å². The number of rotatable bonds is 0. The Labute approximate surface area is 68.9 Å². The maximum Gasteiger partial charge on any atom is 1.00 e. The second-order valence-corrected chi connectivity index (χ2v) is 0.635. The van der Waals surface area contributed by atoms with Crippen LogP contribution in [0.1, 0.15) is 4.28 Å². The van der Waals surface area contributed by atoms with Gasteiger partial charge >= 0.3 is 11.6 Å². The van der Waals surface area contributed by atoms with Crippen molar-refractivity contribution in [1.29, 1.82) is 0 Å². The van der Waals surface area contributed by atoms with E-state index in [2.05, 4.69) is 0 Å². The first-order chi connectivity index (χ1) is 3.46. The molecule has 0 aliphatic rings. The molecule has 0 spiro atoms. The molecule has 0 aromatic rings. The van der Waals surface area contributed by atoms with Crippen LogP contribution in [0.25, 0.3) is 0 Å². The Bertz CT molecular complexity index is 41.8. The first-order valence-electron chi connectivity index (χ1n) is 1.48. The lowest BCUT2D eigenvalue weighted by molar-refractivity contribution is -0.479. The summed E-state index contributed by atoms with van der Waals surface area (Å²) in [5.41, 5.74) is 0. The molecule has 0 aliphatic carbocycles. The first-order valence-corrected chi connectivity index (χ1v) is 1.48.